The quantitative estimate of drug-likeness (QED) is 0.505. The molecule has 0 atom stereocenters. The van der Waals surface area contributed by atoms with E-state index in [9.17, 15) is 14.7 Å². The Morgan fingerprint density at radius 3 is 1.90 bits per heavy atom. The van der Waals surface area contributed by atoms with Gasteiger partial charge < -0.3 is 10.0 Å². The van der Waals surface area contributed by atoms with Crippen LogP contribution >= 0.6 is 0 Å². The summed E-state index contributed by atoms with van der Waals surface area (Å²) in [5, 5.41) is 10.8. The van der Waals surface area contributed by atoms with E-state index in [-0.39, 0.29) is 11.5 Å². The Bertz CT molecular complexity index is 1170. The molecule has 1 N–H and O–H groups in total. The number of hydrogen-bond donors (Lipinski definition) is 1. The monoisotopic (exact) mass is 381 g/mol. The number of rotatable bonds is 5. The summed E-state index contributed by atoms with van der Waals surface area (Å²) in [6.07, 6.45) is 0. The number of anilines is 1. The lowest BCUT2D eigenvalue weighted by Crippen LogP contribution is -2.30. The predicted molar refractivity (Wildman–Crippen MR) is 114 cm³/mol. The molecule has 4 aromatic rings. The normalized spacial score (nSPS) is 10.6. The van der Waals surface area contributed by atoms with Crippen LogP contribution in [0.2, 0.25) is 0 Å². The molecule has 4 nitrogen and oxygen atoms in total. The van der Waals surface area contributed by atoms with Crippen molar-refractivity contribution in [2.75, 3.05) is 4.90 Å². The van der Waals surface area contributed by atoms with Gasteiger partial charge in [-0.3, -0.25) is 4.79 Å². The fourth-order valence-corrected chi connectivity index (χ4v) is 3.50. The average molecular weight is 381 g/mol. The van der Waals surface area contributed by atoms with Crippen LogP contribution in [0, 0.1) is 0 Å². The summed E-state index contributed by atoms with van der Waals surface area (Å²) in [7, 11) is 0. The SMILES string of the molecule is O=C(O)c1cccc2cccc(C(=O)N(Cc3ccccc3)c3ccccc3)c12. The Balaban J connectivity index is 1.86. The summed E-state index contributed by atoms with van der Waals surface area (Å²) in [4.78, 5) is 27.2. The van der Waals surface area contributed by atoms with E-state index in [4.69, 9.17) is 0 Å². The highest BCUT2D eigenvalue weighted by Gasteiger charge is 2.22. The topological polar surface area (TPSA) is 57.6 Å². The number of para-hydroxylation sites is 1. The molecule has 4 heteroatoms. The smallest absolute Gasteiger partial charge is 0.336 e. The van der Waals surface area contributed by atoms with E-state index in [1.165, 1.54) is 6.07 Å². The number of benzene rings is 4. The van der Waals surface area contributed by atoms with Crippen molar-refractivity contribution >= 4 is 28.3 Å². The van der Waals surface area contributed by atoms with Gasteiger partial charge in [0.2, 0.25) is 0 Å². The van der Waals surface area contributed by atoms with Gasteiger partial charge in [-0.05, 0) is 35.2 Å². The first kappa shape index (κ1) is 18.4. The van der Waals surface area contributed by atoms with Crippen molar-refractivity contribution in [1.82, 2.24) is 0 Å². The van der Waals surface area contributed by atoms with Gasteiger partial charge in [-0.25, -0.2) is 4.79 Å². The first-order valence-electron chi connectivity index (χ1n) is 9.31. The van der Waals surface area contributed by atoms with Crippen molar-refractivity contribution in [2.45, 2.75) is 6.54 Å². The third-order valence-electron chi connectivity index (χ3n) is 4.86. The maximum atomic E-state index is 13.7. The molecule has 0 saturated carbocycles. The molecular weight excluding hydrogens is 362 g/mol. The van der Waals surface area contributed by atoms with E-state index < -0.39 is 5.97 Å². The zero-order valence-corrected chi connectivity index (χ0v) is 15.7. The van der Waals surface area contributed by atoms with E-state index >= 15 is 0 Å². The van der Waals surface area contributed by atoms with Gasteiger partial charge in [0.15, 0.2) is 0 Å². The minimum Gasteiger partial charge on any atom is -0.478 e. The average Bonchev–Trinajstić information content (AvgIpc) is 2.77. The van der Waals surface area contributed by atoms with Gasteiger partial charge >= 0.3 is 5.97 Å². The summed E-state index contributed by atoms with van der Waals surface area (Å²) in [5.41, 5.74) is 2.24. The molecule has 4 aromatic carbocycles. The summed E-state index contributed by atoms with van der Waals surface area (Å²) in [6, 6.07) is 29.5. The highest BCUT2D eigenvalue weighted by atomic mass is 16.4. The molecule has 0 fully saturated rings. The van der Waals surface area contributed by atoms with Crippen LogP contribution in [0.4, 0.5) is 5.69 Å². The van der Waals surface area contributed by atoms with Gasteiger partial charge in [0, 0.05) is 16.6 Å². The van der Waals surface area contributed by atoms with Gasteiger partial charge in [-0.1, -0.05) is 72.8 Å². The molecule has 1 amide bonds. The van der Waals surface area contributed by atoms with Crippen LogP contribution in [0.15, 0.2) is 97.1 Å². The van der Waals surface area contributed by atoms with Crippen molar-refractivity contribution in [3.63, 3.8) is 0 Å². The summed E-state index contributed by atoms with van der Waals surface area (Å²) >= 11 is 0. The van der Waals surface area contributed by atoms with Crippen LogP contribution in [0.25, 0.3) is 10.8 Å². The fourth-order valence-electron chi connectivity index (χ4n) is 3.50. The van der Waals surface area contributed by atoms with Crippen molar-refractivity contribution < 1.29 is 14.7 Å². The molecule has 29 heavy (non-hydrogen) atoms. The van der Waals surface area contributed by atoms with Gasteiger partial charge in [0.05, 0.1) is 12.1 Å². The summed E-state index contributed by atoms with van der Waals surface area (Å²) < 4.78 is 0. The molecule has 142 valence electrons. The fraction of sp³-hybridized carbons (Fsp3) is 0.0400. The number of nitrogens with zero attached hydrogens (tertiary/aromatic N) is 1. The van der Waals surface area contributed by atoms with Gasteiger partial charge in [-0.2, -0.15) is 0 Å². The summed E-state index contributed by atoms with van der Waals surface area (Å²) in [5.74, 6) is -1.29. The van der Waals surface area contributed by atoms with Crippen molar-refractivity contribution in [2.24, 2.45) is 0 Å². The van der Waals surface area contributed by atoms with Gasteiger partial charge in [0.25, 0.3) is 5.91 Å². The second-order valence-electron chi connectivity index (χ2n) is 6.73. The summed E-state index contributed by atoms with van der Waals surface area (Å²) in [6.45, 7) is 0.384. The van der Waals surface area contributed by atoms with Gasteiger partial charge in [-0.15, -0.1) is 0 Å². The standard InChI is InChI=1S/C25H19NO3/c27-24(21-15-7-11-19-12-8-16-22(23(19)21)25(28)29)26(20-13-5-2-6-14-20)17-18-9-3-1-4-10-18/h1-16H,17H2,(H,28,29). The molecule has 0 aliphatic heterocycles. The molecular formula is C25H19NO3. The molecule has 0 spiro atoms. The molecule has 0 aliphatic carbocycles. The number of carboxylic acid groups (broad SMARTS) is 1. The molecule has 0 bridgehead atoms. The Kier molecular flexibility index (Phi) is 5.08. The predicted octanol–water partition coefficient (Wildman–Crippen LogP) is 5.39. The third kappa shape index (κ3) is 3.73. The van der Waals surface area contributed by atoms with Crippen LogP contribution in [0.5, 0.6) is 0 Å². The molecule has 0 aromatic heterocycles. The zero-order valence-electron chi connectivity index (χ0n) is 15.7. The van der Waals surface area contributed by atoms with Crippen molar-refractivity contribution in [1.29, 1.82) is 0 Å². The molecule has 0 saturated heterocycles. The van der Waals surface area contributed by atoms with Crippen LogP contribution in [-0.4, -0.2) is 17.0 Å². The number of carboxylic acids is 1. The van der Waals surface area contributed by atoms with Crippen molar-refractivity contribution in [3.05, 3.63) is 114 Å². The second-order valence-corrected chi connectivity index (χ2v) is 6.73. The van der Waals surface area contributed by atoms with E-state index in [0.29, 0.717) is 17.5 Å². The molecule has 4 rings (SSSR count). The first-order chi connectivity index (χ1) is 14.1. The minimum absolute atomic E-state index is 0.124. The molecule has 0 aliphatic rings. The maximum Gasteiger partial charge on any atom is 0.336 e. The van der Waals surface area contributed by atoms with Crippen LogP contribution in [0.1, 0.15) is 26.3 Å². The van der Waals surface area contributed by atoms with Gasteiger partial charge in [0.1, 0.15) is 0 Å². The number of amides is 1. The first-order valence-corrected chi connectivity index (χ1v) is 9.31. The zero-order chi connectivity index (χ0) is 20.2. The van der Waals surface area contributed by atoms with Crippen molar-refractivity contribution in [3.8, 4) is 0 Å². The number of carbonyl (C=O) groups is 2. The Morgan fingerprint density at radius 2 is 1.28 bits per heavy atom. The van der Waals surface area contributed by atoms with E-state index in [1.54, 1.807) is 23.1 Å². The molecule has 0 unspecified atom stereocenters. The van der Waals surface area contributed by atoms with Crippen LogP contribution in [0.3, 0.4) is 0 Å². The lowest BCUT2D eigenvalue weighted by molar-refractivity contribution is 0.0699. The number of fused-ring (bicyclic) bond motifs is 1. The van der Waals surface area contributed by atoms with Crippen LogP contribution in [-0.2, 0) is 6.54 Å². The Hall–Kier alpha value is -3.92. The largest absolute Gasteiger partial charge is 0.478 e. The number of aromatic carboxylic acids is 1. The highest BCUT2D eigenvalue weighted by molar-refractivity contribution is 6.18. The second kappa shape index (κ2) is 7.98. The van der Waals surface area contributed by atoms with E-state index in [2.05, 4.69) is 0 Å². The molecule has 0 radical (unpaired) electrons. The van der Waals surface area contributed by atoms with E-state index in [1.807, 2.05) is 72.8 Å². The van der Waals surface area contributed by atoms with Crippen LogP contribution < -0.4 is 4.90 Å². The Morgan fingerprint density at radius 1 is 0.690 bits per heavy atom. The number of carbonyl (C=O) groups excluding carboxylic acids is 1. The minimum atomic E-state index is -1.05. The maximum absolute atomic E-state index is 13.7. The number of hydrogen-bond acceptors (Lipinski definition) is 2. The van der Waals surface area contributed by atoms with E-state index in [0.717, 1.165) is 16.6 Å². The Labute approximate surface area is 168 Å². The molecule has 0 heterocycles. The lowest BCUT2D eigenvalue weighted by Gasteiger charge is -2.24. The lowest BCUT2D eigenvalue weighted by atomic mass is 9.98. The highest BCUT2D eigenvalue weighted by Crippen LogP contribution is 2.27. The third-order valence-corrected chi connectivity index (χ3v) is 4.86.